The Labute approximate surface area is 123 Å². The maximum Gasteiger partial charge on any atom is 0.306 e. The molecule has 6 heteroatoms. The number of carbonyl (C=O) groups excluding carboxylic acids is 1. The van der Waals surface area contributed by atoms with Crippen LogP contribution < -0.4 is 10.1 Å². The van der Waals surface area contributed by atoms with Gasteiger partial charge in [0.05, 0.1) is 18.6 Å². The normalized spacial score (nSPS) is 21.6. The second kappa shape index (κ2) is 7.06. The van der Waals surface area contributed by atoms with Crippen molar-refractivity contribution in [2.45, 2.75) is 25.7 Å². The predicted molar refractivity (Wildman–Crippen MR) is 76.2 cm³/mol. The Morgan fingerprint density at radius 2 is 2.05 bits per heavy atom. The minimum absolute atomic E-state index is 0.162. The number of aliphatic carboxylic acids is 1. The summed E-state index contributed by atoms with van der Waals surface area (Å²) in [4.78, 5) is 26.8. The van der Waals surface area contributed by atoms with Gasteiger partial charge in [0.2, 0.25) is 5.88 Å². The third-order valence-corrected chi connectivity index (χ3v) is 3.95. The van der Waals surface area contributed by atoms with Gasteiger partial charge in [-0.1, -0.05) is 0 Å². The lowest BCUT2D eigenvalue weighted by molar-refractivity contribution is -0.143. The van der Waals surface area contributed by atoms with Crippen LogP contribution in [0.3, 0.4) is 0 Å². The summed E-state index contributed by atoms with van der Waals surface area (Å²) < 4.78 is 4.94. The van der Waals surface area contributed by atoms with Gasteiger partial charge in [0.1, 0.15) is 0 Å². The first-order valence-electron chi connectivity index (χ1n) is 7.11. The van der Waals surface area contributed by atoms with Crippen molar-refractivity contribution in [2.75, 3.05) is 13.7 Å². The molecule has 114 valence electrons. The van der Waals surface area contributed by atoms with Crippen LogP contribution in [0.25, 0.3) is 0 Å². The molecule has 21 heavy (non-hydrogen) atoms. The summed E-state index contributed by atoms with van der Waals surface area (Å²) in [6.07, 6.45) is 4.56. The number of amides is 1. The highest BCUT2D eigenvalue weighted by atomic mass is 16.5. The lowest BCUT2D eigenvalue weighted by atomic mass is 9.82. The molecule has 1 aliphatic rings. The molecule has 0 aromatic carbocycles. The maximum absolute atomic E-state index is 12.0. The number of hydrogen-bond acceptors (Lipinski definition) is 4. The van der Waals surface area contributed by atoms with E-state index in [1.807, 2.05) is 0 Å². The zero-order chi connectivity index (χ0) is 15.2. The van der Waals surface area contributed by atoms with E-state index in [2.05, 4.69) is 10.3 Å². The van der Waals surface area contributed by atoms with Crippen LogP contribution in [0, 0.1) is 11.8 Å². The van der Waals surface area contributed by atoms with E-state index in [-0.39, 0.29) is 11.8 Å². The summed E-state index contributed by atoms with van der Waals surface area (Å²) in [7, 11) is 1.52. The fraction of sp³-hybridized carbons (Fsp3) is 0.533. The standard InChI is InChI=1S/C15H20N2O4/c1-21-13-7-6-12(9-16-13)14(18)17-8-10-2-4-11(5-3-10)15(19)20/h6-7,9-11H,2-5,8H2,1H3,(H,17,18)(H,19,20). The second-order valence-corrected chi connectivity index (χ2v) is 5.36. The van der Waals surface area contributed by atoms with Gasteiger partial charge in [0.15, 0.2) is 0 Å². The summed E-state index contributed by atoms with van der Waals surface area (Å²) in [6, 6.07) is 3.31. The van der Waals surface area contributed by atoms with Crippen molar-refractivity contribution in [1.82, 2.24) is 10.3 Å². The van der Waals surface area contributed by atoms with Gasteiger partial charge < -0.3 is 15.2 Å². The van der Waals surface area contributed by atoms with Crippen LogP contribution in [0.15, 0.2) is 18.3 Å². The molecule has 1 amide bonds. The number of methoxy groups -OCH3 is 1. The van der Waals surface area contributed by atoms with Gasteiger partial charge in [-0.25, -0.2) is 4.98 Å². The number of ether oxygens (including phenoxy) is 1. The van der Waals surface area contributed by atoms with Crippen molar-refractivity contribution in [3.05, 3.63) is 23.9 Å². The van der Waals surface area contributed by atoms with Crippen LogP contribution in [-0.2, 0) is 4.79 Å². The molecular formula is C15H20N2O4. The Morgan fingerprint density at radius 1 is 1.33 bits per heavy atom. The van der Waals surface area contributed by atoms with Crippen LogP contribution in [0.1, 0.15) is 36.0 Å². The van der Waals surface area contributed by atoms with Gasteiger partial charge in [-0.05, 0) is 37.7 Å². The average Bonchev–Trinajstić information content (AvgIpc) is 2.53. The quantitative estimate of drug-likeness (QED) is 0.862. The number of nitrogens with one attached hydrogen (secondary N) is 1. The molecule has 2 rings (SSSR count). The molecule has 1 saturated carbocycles. The lowest BCUT2D eigenvalue weighted by Crippen LogP contribution is -2.32. The zero-order valence-corrected chi connectivity index (χ0v) is 12.0. The van der Waals surface area contributed by atoms with Crippen molar-refractivity contribution in [2.24, 2.45) is 11.8 Å². The van der Waals surface area contributed by atoms with E-state index in [1.165, 1.54) is 13.3 Å². The summed E-state index contributed by atoms with van der Waals surface area (Å²) in [5.74, 6) is -0.260. The molecule has 1 aliphatic carbocycles. The van der Waals surface area contributed by atoms with Crippen LogP contribution in [0.5, 0.6) is 5.88 Å². The minimum atomic E-state index is -0.707. The first-order chi connectivity index (χ1) is 10.1. The van der Waals surface area contributed by atoms with E-state index in [0.29, 0.717) is 36.7 Å². The number of carboxylic acids is 1. The van der Waals surface area contributed by atoms with Gasteiger partial charge in [-0.2, -0.15) is 0 Å². The monoisotopic (exact) mass is 292 g/mol. The van der Waals surface area contributed by atoms with Crippen molar-refractivity contribution in [3.8, 4) is 5.88 Å². The molecule has 1 fully saturated rings. The van der Waals surface area contributed by atoms with Gasteiger partial charge in [0, 0.05) is 18.8 Å². The lowest BCUT2D eigenvalue weighted by Gasteiger charge is -2.26. The number of aromatic nitrogens is 1. The zero-order valence-electron chi connectivity index (χ0n) is 12.0. The first kappa shape index (κ1) is 15.3. The molecule has 6 nitrogen and oxygen atoms in total. The van der Waals surface area contributed by atoms with Crippen LogP contribution in [-0.4, -0.2) is 35.6 Å². The summed E-state index contributed by atoms with van der Waals surface area (Å²) in [5, 5.41) is 11.8. The molecule has 1 aromatic heterocycles. The fourth-order valence-corrected chi connectivity index (χ4v) is 2.59. The molecule has 0 bridgehead atoms. The van der Waals surface area contributed by atoms with Crippen molar-refractivity contribution in [1.29, 1.82) is 0 Å². The summed E-state index contributed by atoms with van der Waals surface area (Å²) in [6.45, 7) is 0.581. The van der Waals surface area contributed by atoms with Gasteiger partial charge in [-0.3, -0.25) is 9.59 Å². The maximum atomic E-state index is 12.0. The van der Waals surface area contributed by atoms with E-state index in [0.717, 1.165) is 12.8 Å². The van der Waals surface area contributed by atoms with Gasteiger partial charge in [0.25, 0.3) is 5.91 Å². The van der Waals surface area contributed by atoms with E-state index >= 15 is 0 Å². The SMILES string of the molecule is COc1ccc(C(=O)NCC2CCC(C(=O)O)CC2)cn1. The molecular weight excluding hydrogens is 272 g/mol. The highest BCUT2D eigenvalue weighted by Crippen LogP contribution is 2.28. The number of carbonyl (C=O) groups is 2. The van der Waals surface area contributed by atoms with E-state index < -0.39 is 5.97 Å². The summed E-state index contributed by atoms with van der Waals surface area (Å²) in [5.41, 5.74) is 0.495. The molecule has 0 saturated heterocycles. The highest BCUT2D eigenvalue weighted by molar-refractivity contribution is 5.93. The van der Waals surface area contributed by atoms with Crippen molar-refractivity contribution >= 4 is 11.9 Å². The number of nitrogens with zero attached hydrogens (tertiary/aromatic N) is 1. The molecule has 1 heterocycles. The molecule has 0 aliphatic heterocycles. The van der Waals surface area contributed by atoms with Gasteiger partial charge >= 0.3 is 5.97 Å². The Balaban J connectivity index is 1.77. The highest BCUT2D eigenvalue weighted by Gasteiger charge is 2.26. The smallest absolute Gasteiger partial charge is 0.306 e. The van der Waals surface area contributed by atoms with Crippen LogP contribution >= 0.6 is 0 Å². The van der Waals surface area contributed by atoms with Crippen LogP contribution in [0.4, 0.5) is 0 Å². The van der Waals surface area contributed by atoms with Gasteiger partial charge in [-0.15, -0.1) is 0 Å². The Kier molecular flexibility index (Phi) is 5.14. The number of pyridine rings is 1. The molecule has 0 radical (unpaired) electrons. The minimum Gasteiger partial charge on any atom is -0.481 e. The van der Waals surface area contributed by atoms with E-state index in [4.69, 9.17) is 9.84 Å². The predicted octanol–water partition coefficient (Wildman–Crippen LogP) is 1.71. The summed E-state index contributed by atoms with van der Waals surface area (Å²) >= 11 is 0. The third-order valence-electron chi connectivity index (χ3n) is 3.95. The molecule has 0 spiro atoms. The Morgan fingerprint density at radius 3 is 2.57 bits per heavy atom. The largest absolute Gasteiger partial charge is 0.481 e. The molecule has 0 unspecified atom stereocenters. The average molecular weight is 292 g/mol. The number of carboxylic acid groups (broad SMARTS) is 1. The molecule has 2 N–H and O–H groups in total. The Hall–Kier alpha value is -2.11. The second-order valence-electron chi connectivity index (χ2n) is 5.36. The first-order valence-corrected chi connectivity index (χ1v) is 7.11. The number of hydrogen-bond donors (Lipinski definition) is 2. The third kappa shape index (κ3) is 4.18. The fourth-order valence-electron chi connectivity index (χ4n) is 2.59. The van der Waals surface area contributed by atoms with E-state index in [1.54, 1.807) is 12.1 Å². The van der Waals surface area contributed by atoms with Crippen LogP contribution in [0.2, 0.25) is 0 Å². The van der Waals surface area contributed by atoms with Crippen molar-refractivity contribution < 1.29 is 19.4 Å². The number of rotatable bonds is 5. The van der Waals surface area contributed by atoms with E-state index in [9.17, 15) is 9.59 Å². The molecule has 0 atom stereocenters. The topological polar surface area (TPSA) is 88.5 Å². The van der Waals surface area contributed by atoms with Crippen molar-refractivity contribution in [3.63, 3.8) is 0 Å². The molecule has 1 aromatic rings. The Bertz CT molecular complexity index is 493.